The van der Waals surface area contributed by atoms with Crippen LogP contribution in [0.25, 0.3) is 11.1 Å². The van der Waals surface area contributed by atoms with Crippen LogP contribution in [0.15, 0.2) is 42.5 Å². The molecular weight excluding hydrogens is 214 g/mol. The van der Waals surface area contributed by atoms with Crippen molar-refractivity contribution in [2.75, 3.05) is 18.5 Å². The predicted octanol–water partition coefficient (Wildman–Crippen LogP) is 2.03. The van der Waals surface area contributed by atoms with Crippen molar-refractivity contribution in [1.29, 1.82) is 0 Å². The minimum atomic E-state index is 0.669. The Kier molecular flexibility index (Phi) is 3.16. The van der Waals surface area contributed by atoms with Crippen LogP contribution in [-0.4, -0.2) is 7.05 Å². The highest BCUT2D eigenvalue weighted by Crippen LogP contribution is 2.29. The van der Waals surface area contributed by atoms with Gasteiger partial charge in [0.1, 0.15) is 5.75 Å². The summed E-state index contributed by atoms with van der Waals surface area (Å²) in [7, 11) is 1.70. The van der Waals surface area contributed by atoms with Crippen molar-refractivity contribution in [3.05, 3.63) is 42.5 Å². The Bertz CT molecular complexity index is 509. The molecule has 88 valence electrons. The Hall–Kier alpha value is -2.20. The first kappa shape index (κ1) is 11.3. The van der Waals surface area contributed by atoms with Gasteiger partial charge in [0.15, 0.2) is 0 Å². The molecule has 0 aliphatic carbocycles. The highest BCUT2D eigenvalue weighted by molar-refractivity contribution is 5.78. The van der Waals surface area contributed by atoms with Gasteiger partial charge in [-0.15, -0.1) is 0 Å². The Balaban J connectivity index is 2.36. The van der Waals surface area contributed by atoms with Gasteiger partial charge in [0.25, 0.3) is 0 Å². The van der Waals surface area contributed by atoms with E-state index < -0.39 is 0 Å². The normalized spacial score (nSPS) is 10.2. The van der Waals surface area contributed by atoms with Crippen LogP contribution >= 0.6 is 0 Å². The van der Waals surface area contributed by atoms with Gasteiger partial charge in [-0.3, -0.25) is 0 Å². The van der Waals surface area contributed by atoms with Gasteiger partial charge in [-0.2, -0.15) is 5.48 Å². The molecule has 0 spiro atoms. The SMILES string of the molecule is CNOc1ccc(-c2ccc(N)cc2)c(N)c1. The Morgan fingerprint density at radius 2 is 1.71 bits per heavy atom. The van der Waals surface area contributed by atoms with Gasteiger partial charge in [0, 0.05) is 30.1 Å². The van der Waals surface area contributed by atoms with Gasteiger partial charge in [0.2, 0.25) is 0 Å². The Morgan fingerprint density at radius 3 is 2.29 bits per heavy atom. The lowest BCUT2D eigenvalue weighted by Crippen LogP contribution is -2.11. The summed E-state index contributed by atoms with van der Waals surface area (Å²) >= 11 is 0. The molecule has 2 rings (SSSR count). The number of anilines is 2. The first-order valence-corrected chi connectivity index (χ1v) is 5.29. The summed E-state index contributed by atoms with van der Waals surface area (Å²) in [4.78, 5) is 5.15. The maximum Gasteiger partial charge on any atom is 0.149 e. The third-order valence-corrected chi connectivity index (χ3v) is 2.46. The summed E-state index contributed by atoms with van der Waals surface area (Å²) < 4.78 is 0. The van der Waals surface area contributed by atoms with Gasteiger partial charge in [-0.05, 0) is 29.8 Å². The van der Waals surface area contributed by atoms with Crippen molar-refractivity contribution < 1.29 is 4.84 Å². The number of hydrogen-bond donors (Lipinski definition) is 3. The molecule has 4 nitrogen and oxygen atoms in total. The molecule has 4 heteroatoms. The van der Waals surface area contributed by atoms with Crippen molar-refractivity contribution >= 4 is 11.4 Å². The molecule has 0 atom stereocenters. The smallest absolute Gasteiger partial charge is 0.149 e. The second-order valence-electron chi connectivity index (χ2n) is 3.68. The predicted molar refractivity (Wildman–Crippen MR) is 70.4 cm³/mol. The van der Waals surface area contributed by atoms with Gasteiger partial charge in [-0.25, -0.2) is 0 Å². The number of benzene rings is 2. The van der Waals surface area contributed by atoms with Crippen molar-refractivity contribution in [3.63, 3.8) is 0 Å². The number of rotatable bonds is 3. The lowest BCUT2D eigenvalue weighted by molar-refractivity contribution is 0.224. The van der Waals surface area contributed by atoms with Crippen LogP contribution < -0.4 is 21.8 Å². The summed E-state index contributed by atoms with van der Waals surface area (Å²) in [5.41, 5.74) is 17.6. The average Bonchev–Trinajstić information content (AvgIpc) is 2.31. The monoisotopic (exact) mass is 229 g/mol. The lowest BCUT2D eigenvalue weighted by atomic mass is 10.0. The fraction of sp³-hybridized carbons (Fsp3) is 0.0769. The van der Waals surface area contributed by atoms with Crippen molar-refractivity contribution in [3.8, 4) is 16.9 Å². The molecule has 0 amide bonds. The van der Waals surface area contributed by atoms with E-state index in [4.69, 9.17) is 16.3 Å². The van der Waals surface area contributed by atoms with Gasteiger partial charge >= 0.3 is 0 Å². The standard InChI is InChI=1S/C13H15N3O/c1-16-17-11-6-7-12(13(15)8-11)9-2-4-10(14)5-3-9/h2-8,16H,14-15H2,1H3. The number of hydrogen-bond acceptors (Lipinski definition) is 4. The van der Waals surface area contributed by atoms with E-state index in [1.165, 1.54) is 0 Å². The molecule has 2 aromatic carbocycles. The van der Waals surface area contributed by atoms with E-state index in [0.717, 1.165) is 16.8 Å². The van der Waals surface area contributed by atoms with E-state index in [-0.39, 0.29) is 0 Å². The zero-order chi connectivity index (χ0) is 12.3. The quantitative estimate of drug-likeness (QED) is 0.556. The molecule has 0 heterocycles. The minimum Gasteiger partial charge on any atom is -0.409 e. The van der Waals surface area contributed by atoms with E-state index in [1.807, 2.05) is 36.4 Å². The van der Waals surface area contributed by atoms with Crippen LogP contribution in [0.3, 0.4) is 0 Å². The van der Waals surface area contributed by atoms with Crippen molar-refractivity contribution in [2.45, 2.75) is 0 Å². The topological polar surface area (TPSA) is 73.3 Å². The van der Waals surface area contributed by atoms with Crippen molar-refractivity contribution in [1.82, 2.24) is 5.48 Å². The molecule has 17 heavy (non-hydrogen) atoms. The van der Waals surface area contributed by atoms with Crippen molar-refractivity contribution in [2.24, 2.45) is 0 Å². The fourth-order valence-corrected chi connectivity index (χ4v) is 1.65. The van der Waals surface area contributed by atoms with E-state index in [1.54, 1.807) is 13.1 Å². The molecule has 0 unspecified atom stereocenters. The summed E-state index contributed by atoms with van der Waals surface area (Å²) in [5, 5.41) is 0. The van der Waals surface area contributed by atoms with E-state index in [2.05, 4.69) is 5.48 Å². The number of nitrogen functional groups attached to an aromatic ring is 2. The molecule has 0 saturated heterocycles. The van der Waals surface area contributed by atoms with Crippen LogP contribution in [-0.2, 0) is 0 Å². The van der Waals surface area contributed by atoms with E-state index >= 15 is 0 Å². The first-order valence-electron chi connectivity index (χ1n) is 5.29. The molecule has 5 N–H and O–H groups in total. The third kappa shape index (κ3) is 2.49. The van der Waals surface area contributed by atoms with E-state index in [9.17, 15) is 0 Å². The zero-order valence-electron chi connectivity index (χ0n) is 9.60. The molecule has 2 aromatic rings. The van der Waals surface area contributed by atoms with E-state index in [0.29, 0.717) is 11.4 Å². The Morgan fingerprint density at radius 1 is 1.00 bits per heavy atom. The second-order valence-corrected chi connectivity index (χ2v) is 3.68. The van der Waals surface area contributed by atoms with Gasteiger partial charge < -0.3 is 16.3 Å². The van der Waals surface area contributed by atoms with Gasteiger partial charge in [0.05, 0.1) is 0 Å². The number of nitrogens with two attached hydrogens (primary N) is 2. The van der Waals surface area contributed by atoms with Gasteiger partial charge in [-0.1, -0.05) is 12.1 Å². The van der Waals surface area contributed by atoms with Crippen LogP contribution in [0.2, 0.25) is 0 Å². The molecule has 0 aromatic heterocycles. The zero-order valence-corrected chi connectivity index (χ0v) is 9.60. The largest absolute Gasteiger partial charge is 0.409 e. The van der Waals surface area contributed by atoms with Crippen LogP contribution in [0.1, 0.15) is 0 Å². The molecule has 0 saturated carbocycles. The molecule has 0 aliphatic heterocycles. The molecule has 0 radical (unpaired) electrons. The molecule has 0 aliphatic rings. The summed E-state index contributed by atoms with van der Waals surface area (Å²) in [5.74, 6) is 0.684. The third-order valence-electron chi connectivity index (χ3n) is 2.46. The Labute approximate surface area is 100 Å². The summed E-state index contributed by atoms with van der Waals surface area (Å²) in [6.45, 7) is 0. The molecule has 0 bridgehead atoms. The maximum absolute atomic E-state index is 5.98. The second kappa shape index (κ2) is 4.76. The summed E-state index contributed by atoms with van der Waals surface area (Å²) in [6.07, 6.45) is 0. The fourth-order valence-electron chi connectivity index (χ4n) is 1.65. The maximum atomic E-state index is 5.98. The lowest BCUT2D eigenvalue weighted by Gasteiger charge is -2.09. The first-order chi connectivity index (χ1) is 8.20. The highest BCUT2D eigenvalue weighted by atomic mass is 16.6. The average molecular weight is 229 g/mol. The number of hydroxylamine groups is 1. The molecule has 0 fully saturated rings. The van der Waals surface area contributed by atoms with Crippen LogP contribution in [0, 0.1) is 0 Å². The van der Waals surface area contributed by atoms with Crippen LogP contribution in [0.4, 0.5) is 11.4 Å². The number of nitrogens with one attached hydrogen (secondary N) is 1. The molecular formula is C13H15N3O. The minimum absolute atomic E-state index is 0.669. The summed E-state index contributed by atoms with van der Waals surface area (Å²) in [6, 6.07) is 13.2. The van der Waals surface area contributed by atoms with Crippen LogP contribution in [0.5, 0.6) is 5.75 Å². The highest BCUT2D eigenvalue weighted by Gasteiger charge is 2.04.